The van der Waals surface area contributed by atoms with Crippen LogP contribution in [0.4, 0.5) is 5.69 Å². The van der Waals surface area contributed by atoms with E-state index in [2.05, 4.69) is 47.6 Å². The lowest BCUT2D eigenvalue weighted by molar-refractivity contribution is 0.271. The largest absolute Gasteiger partial charge is 0.384 e. The van der Waals surface area contributed by atoms with Gasteiger partial charge in [0.2, 0.25) is 0 Å². The number of fused-ring (bicyclic) bond motifs is 1. The minimum absolute atomic E-state index is 0.646. The summed E-state index contributed by atoms with van der Waals surface area (Å²) >= 11 is 6.24. The first-order chi connectivity index (χ1) is 10.2. The molecule has 1 N–H and O–H groups in total. The van der Waals surface area contributed by atoms with E-state index < -0.39 is 0 Å². The monoisotopic (exact) mass is 300 g/mol. The average Bonchev–Trinajstić information content (AvgIpc) is 2.49. The van der Waals surface area contributed by atoms with Crippen LogP contribution in [0, 0.1) is 5.92 Å². The molecule has 0 amide bonds. The Morgan fingerprint density at radius 2 is 1.90 bits per heavy atom. The van der Waals surface area contributed by atoms with Crippen LogP contribution in [0.5, 0.6) is 0 Å². The summed E-state index contributed by atoms with van der Waals surface area (Å²) in [5, 5.41) is 4.40. The number of nitrogens with zero attached hydrogens (tertiary/aromatic N) is 1. The van der Waals surface area contributed by atoms with Crippen LogP contribution >= 0.6 is 11.6 Å². The van der Waals surface area contributed by atoms with Crippen molar-refractivity contribution in [3.05, 3.63) is 64.7 Å². The molecule has 110 valence electrons. The first-order valence-electron chi connectivity index (χ1n) is 7.46. The third kappa shape index (κ3) is 3.58. The van der Waals surface area contributed by atoms with Crippen LogP contribution < -0.4 is 5.32 Å². The van der Waals surface area contributed by atoms with Gasteiger partial charge in [0.25, 0.3) is 0 Å². The van der Waals surface area contributed by atoms with Crippen molar-refractivity contribution in [1.29, 1.82) is 0 Å². The quantitative estimate of drug-likeness (QED) is 0.916. The van der Waals surface area contributed by atoms with Gasteiger partial charge in [-0.05, 0) is 42.6 Å². The van der Waals surface area contributed by atoms with Crippen molar-refractivity contribution >= 4 is 17.3 Å². The number of benzene rings is 2. The van der Waals surface area contributed by atoms with Gasteiger partial charge in [0, 0.05) is 30.3 Å². The number of rotatable bonds is 4. The van der Waals surface area contributed by atoms with E-state index in [1.165, 1.54) is 16.8 Å². The van der Waals surface area contributed by atoms with E-state index in [0.29, 0.717) is 5.92 Å². The average molecular weight is 301 g/mol. The van der Waals surface area contributed by atoms with E-state index in [-0.39, 0.29) is 0 Å². The Kier molecular flexibility index (Phi) is 4.47. The van der Waals surface area contributed by atoms with Crippen molar-refractivity contribution < 1.29 is 0 Å². The number of halogens is 1. The molecule has 1 aliphatic heterocycles. The first kappa shape index (κ1) is 14.4. The molecule has 0 aliphatic carbocycles. The summed E-state index contributed by atoms with van der Waals surface area (Å²) in [5.41, 5.74) is 3.92. The summed E-state index contributed by atoms with van der Waals surface area (Å²) in [4.78, 5) is 2.36. The number of hydrogen-bond donors (Lipinski definition) is 1. The standard InChI is InChI=1S/C18H21ClN2/c1-21(13-16-7-2-4-8-17(16)19)12-14-10-15-6-3-5-9-18(15)20-11-14/h2-9,14,20H,10-13H2,1H3. The van der Waals surface area contributed by atoms with E-state index in [4.69, 9.17) is 11.6 Å². The molecule has 0 fully saturated rings. The van der Waals surface area contributed by atoms with Gasteiger partial charge in [0.15, 0.2) is 0 Å². The van der Waals surface area contributed by atoms with Gasteiger partial charge < -0.3 is 10.2 Å². The third-order valence-corrected chi connectivity index (χ3v) is 4.44. The van der Waals surface area contributed by atoms with Gasteiger partial charge in [-0.15, -0.1) is 0 Å². The molecular formula is C18H21ClN2. The second-order valence-electron chi connectivity index (χ2n) is 5.90. The Labute approximate surface area is 131 Å². The molecule has 2 aromatic rings. The molecule has 1 heterocycles. The molecule has 1 aliphatic rings. The van der Waals surface area contributed by atoms with Crippen molar-refractivity contribution in [2.75, 3.05) is 25.5 Å². The number of para-hydroxylation sites is 1. The molecule has 1 unspecified atom stereocenters. The molecule has 2 aromatic carbocycles. The Bertz CT molecular complexity index is 612. The lowest BCUT2D eigenvalue weighted by Crippen LogP contribution is -2.33. The van der Waals surface area contributed by atoms with Crippen molar-refractivity contribution in [2.45, 2.75) is 13.0 Å². The summed E-state index contributed by atoms with van der Waals surface area (Å²) in [6.45, 7) is 3.02. The van der Waals surface area contributed by atoms with Crippen LogP contribution in [-0.2, 0) is 13.0 Å². The topological polar surface area (TPSA) is 15.3 Å². The van der Waals surface area contributed by atoms with E-state index in [9.17, 15) is 0 Å². The normalized spacial score (nSPS) is 17.4. The third-order valence-electron chi connectivity index (χ3n) is 4.08. The Morgan fingerprint density at radius 1 is 1.14 bits per heavy atom. The molecule has 2 nitrogen and oxygen atoms in total. The van der Waals surface area contributed by atoms with Crippen molar-refractivity contribution in [3.8, 4) is 0 Å². The van der Waals surface area contributed by atoms with Gasteiger partial charge in [-0.1, -0.05) is 48.0 Å². The molecule has 0 spiro atoms. The van der Waals surface area contributed by atoms with Crippen molar-refractivity contribution in [3.63, 3.8) is 0 Å². The summed E-state index contributed by atoms with van der Waals surface area (Å²) in [6, 6.07) is 16.7. The fourth-order valence-corrected chi connectivity index (χ4v) is 3.26. The molecule has 21 heavy (non-hydrogen) atoms. The highest BCUT2D eigenvalue weighted by molar-refractivity contribution is 6.31. The zero-order valence-corrected chi connectivity index (χ0v) is 13.1. The fourth-order valence-electron chi connectivity index (χ4n) is 3.06. The minimum Gasteiger partial charge on any atom is -0.384 e. The highest BCUT2D eigenvalue weighted by atomic mass is 35.5. The van der Waals surface area contributed by atoms with Gasteiger partial charge in [0.05, 0.1) is 0 Å². The molecule has 0 aromatic heterocycles. The predicted molar refractivity (Wildman–Crippen MR) is 89.9 cm³/mol. The molecule has 1 atom stereocenters. The summed E-state index contributed by atoms with van der Waals surface area (Å²) < 4.78 is 0. The van der Waals surface area contributed by atoms with E-state index in [1.54, 1.807) is 0 Å². The van der Waals surface area contributed by atoms with Crippen LogP contribution in [0.3, 0.4) is 0 Å². The van der Waals surface area contributed by atoms with Crippen LogP contribution in [0.25, 0.3) is 0 Å². The van der Waals surface area contributed by atoms with Crippen LogP contribution in [-0.4, -0.2) is 25.0 Å². The summed E-state index contributed by atoms with van der Waals surface area (Å²) in [7, 11) is 2.17. The lowest BCUT2D eigenvalue weighted by Gasteiger charge is -2.29. The second-order valence-corrected chi connectivity index (χ2v) is 6.30. The van der Waals surface area contributed by atoms with Gasteiger partial charge in [0.1, 0.15) is 0 Å². The maximum absolute atomic E-state index is 6.24. The zero-order valence-electron chi connectivity index (χ0n) is 12.3. The SMILES string of the molecule is CN(Cc1ccccc1Cl)CC1CNc2ccccc2C1. The van der Waals surface area contributed by atoms with Crippen molar-refractivity contribution in [1.82, 2.24) is 4.90 Å². The van der Waals surface area contributed by atoms with Crippen LogP contribution in [0.2, 0.25) is 5.02 Å². The molecule has 0 saturated heterocycles. The predicted octanol–water partition coefficient (Wildman–Crippen LogP) is 4.06. The summed E-state index contributed by atoms with van der Waals surface area (Å²) in [6.07, 6.45) is 1.15. The maximum Gasteiger partial charge on any atom is 0.0451 e. The van der Waals surface area contributed by atoms with Crippen LogP contribution in [0.1, 0.15) is 11.1 Å². The molecule has 3 heteroatoms. The molecule has 0 saturated carbocycles. The molecular weight excluding hydrogens is 280 g/mol. The van der Waals surface area contributed by atoms with Gasteiger partial charge in [-0.2, -0.15) is 0 Å². The summed E-state index contributed by atoms with van der Waals surface area (Å²) in [5.74, 6) is 0.646. The zero-order chi connectivity index (χ0) is 14.7. The van der Waals surface area contributed by atoms with E-state index in [1.807, 2.05) is 18.2 Å². The lowest BCUT2D eigenvalue weighted by atomic mass is 9.93. The van der Waals surface area contributed by atoms with Crippen molar-refractivity contribution in [2.24, 2.45) is 5.92 Å². The van der Waals surface area contributed by atoms with E-state index in [0.717, 1.165) is 31.1 Å². The Balaban J connectivity index is 1.59. The first-order valence-corrected chi connectivity index (χ1v) is 7.84. The minimum atomic E-state index is 0.646. The number of hydrogen-bond acceptors (Lipinski definition) is 2. The number of anilines is 1. The molecule has 3 rings (SSSR count). The van der Waals surface area contributed by atoms with Gasteiger partial charge in [-0.25, -0.2) is 0 Å². The molecule has 0 bridgehead atoms. The highest BCUT2D eigenvalue weighted by Crippen LogP contribution is 2.25. The van der Waals surface area contributed by atoms with Crippen LogP contribution in [0.15, 0.2) is 48.5 Å². The highest BCUT2D eigenvalue weighted by Gasteiger charge is 2.19. The maximum atomic E-state index is 6.24. The Morgan fingerprint density at radius 3 is 2.76 bits per heavy atom. The van der Waals surface area contributed by atoms with E-state index >= 15 is 0 Å². The van der Waals surface area contributed by atoms with Gasteiger partial charge >= 0.3 is 0 Å². The second kappa shape index (κ2) is 6.50. The fraction of sp³-hybridized carbons (Fsp3) is 0.333. The number of nitrogens with one attached hydrogen (secondary N) is 1. The Hall–Kier alpha value is -1.51. The molecule has 0 radical (unpaired) electrons. The van der Waals surface area contributed by atoms with Gasteiger partial charge in [-0.3, -0.25) is 0 Å². The smallest absolute Gasteiger partial charge is 0.0451 e.